The van der Waals surface area contributed by atoms with Gasteiger partial charge in [0.05, 0.1) is 19.1 Å². The molecule has 144 valence electrons. The number of halogens is 3. The summed E-state index contributed by atoms with van der Waals surface area (Å²) in [5.41, 5.74) is -0.316. The van der Waals surface area contributed by atoms with Gasteiger partial charge in [-0.05, 0) is 29.8 Å². The van der Waals surface area contributed by atoms with E-state index < -0.39 is 36.5 Å². The fourth-order valence-electron chi connectivity index (χ4n) is 3.75. The third-order valence-corrected chi connectivity index (χ3v) is 5.02. The predicted octanol–water partition coefficient (Wildman–Crippen LogP) is 3.54. The van der Waals surface area contributed by atoms with Crippen molar-refractivity contribution in [3.05, 3.63) is 95.8 Å². The molecular formula is C21H18F3N3O. The molecule has 0 bridgehead atoms. The molecule has 7 heteroatoms. The summed E-state index contributed by atoms with van der Waals surface area (Å²) in [6, 6.07) is 11.4. The highest BCUT2D eigenvalue weighted by molar-refractivity contribution is 5.40. The third-order valence-electron chi connectivity index (χ3n) is 5.02. The van der Waals surface area contributed by atoms with E-state index in [0.717, 1.165) is 0 Å². The monoisotopic (exact) mass is 385 g/mol. The van der Waals surface area contributed by atoms with E-state index >= 15 is 0 Å². The summed E-state index contributed by atoms with van der Waals surface area (Å²) in [5.74, 6) is -3.27. The second-order valence-corrected chi connectivity index (χ2v) is 6.96. The first-order valence-corrected chi connectivity index (χ1v) is 8.81. The Balaban J connectivity index is 1.90. The molecule has 1 aromatic carbocycles. The lowest BCUT2D eigenvalue weighted by atomic mass is 9.76. The first-order chi connectivity index (χ1) is 13.4. The van der Waals surface area contributed by atoms with Gasteiger partial charge in [-0.1, -0.05) is 24.3 Å². The van der Waals surface area contributed by atoms with Crippen LogP contribution in [0.4, 0.5) is 13.2 Å². The zero-order chi connectivity index (χ0) is 19.8. The number of likely N-dealkylation sites (tertiary alicyclic amines) is 1. The smallest absolute Gasteiger partial charge is 0.272 e. The van der Waals surface area contributed by atoms with Crippen LogP contribution in [0.15, 0.2) is 73.3 Å². The van der Waals surface area contributed by atoms with E-state index in [2.05, 4.69) is 9.97 Å². The summed E-state index contributed by atoms with van der Waals surface area (Å²) in [4.78, 5) is 9.68. The quantitative estimate of drug-likeness (QED) is 0.730. The Kier molecular flexibility index (Phi) is 4.64. The molecule has 1 fully saturated rings. The van der Waals surface area contributed by atoms with E-state index in [0.29, 0.717) is 16.7 Å². The normalized spacial score (nSPS) is 17.7. The van der Waals surface area contributed by atoms with Gasteiger partial charge in [-0.2, -0.15) is 0 Å². The van der Waals surface area contributed by atoms with Gasteiger partial charge in [0.2, 0.25) is 0 Å². The standard InChI is InChI=1S/C21H18F3N3O/c22-18-7-5-15(6-8-18)19(27-13-20(23,24)14-27)21(28,16-3-1-9-25-11-16)17-4-2-10-26-12-17/h1-12,19,28H,13-14H2. The van der Waals surface area contributed by atoms with E-state index in [1.54, 1.807) is 36.7 Å². The van der Waals surface area contributed by atoms with Crippen molar-refractivity contribution < 1.29 is 18.3 Å². The Bertz CT molecular complexity index is 889. The number of rotatable bonds is 5. The zero-order valence-corrected chi connectivity index (χ0v) is 14.8. The maximum Gasteiger partial charge on any atom is 0.272 e. The molecule has 3 heterocycles. The molecule has 1 N–H and O–H groups in total. The van der Waals surface area contributed by atoms with Crippen LogP contribution < -0.4 is 0 Å². The number of alkyl halides is 2. The number of aliphatic hydroxyl groups is 1. The highest BCUT2D eigenvalue weighted by Crippen LogP contribution is 2.47. The van der Waals surface area contributed by atoms with Crippen molar-refractivity contribution in [1.82, 2.24) is 14.9 Å². The molecule has 1 unspecified atom stereocenters. The van der Waals surface area contributed by atoms with Crippen LogP contribution in [0, 0.1) is 5.82 Å². The largest absolute Gasteiger partial charge is 0.378 e. The van der Waals surface area contributed by atoms with Crippen molar-refractivity contribution in [1.29, 1.82) is 0 Å². The van der Waals surface area contributed by atoms with Crippen molar-refractivity contribution in [2.75, 3.05) is 13.1 Å². The van der Waals surface area contributed by atoms with Gasteiger partial charge in [0.15, 0.2) is 0 Å². The molecule has 1 atom stereocenters. The molecule has 4 rings (SSSR count). The van der Waals surface area contributed by atoms with E-state index in [4.69, 9.17) is 0 Å². The van der Waals surface area contributed by atoms with Crippen LogP contribution in [0.25, 0.3) is 0 Å². The average Bonchev–Trinajstić information content (AvgIpc) is 2.69. The summed E-state index contributed by atoms with van der Waals surface area (Å²) in [6.45, 7) is -1.00. The molecule has 28 heavy (non-hydrogen) atoms. The molecular weight excluding hydrogens is 367 g/mol. The number of nitrogens with zero attached hydrogens (tertiary/aromatic N) is 3. The van der Waals surface area contributed by atoms with E-state index in [9.17, 15) is 18.3 Å². The Labute approximate surface area is 160 Å². The highest BCUT2D eigenvalue weighted by atomic mass is 19.3. The van der Waals surface area contributed by atoms with E-state index in [-0.39, 0.29) is 0 Å². The molecule has 2 aromatic heterocycles. The van der Waals surface area contributed by atoms with Crippen LogP contribution in [-0.4, -0.2) is 39.0 Å². The fraction of sp³-hybridized carbons (Fsp3) is 0.238. The van der Waals surface area contributed by atoms with Gasteiger partial charge in [0.25, 0.3) is 5.92 Å². The molecule has 0 amide bonds. The van der Waals surface area contributed by atoms with Crippen LogP contribution in [0.3, 0.4) is 0 Å². The van der Waals surface area contributed by atoms with E-state index in [1.807, 2.05) is 0 Å². The van der Waals surface area contributed by atoms with Crippen molar-refractivity contribution in [3.8, 4) is 0 Å². The maximum absolute atomic E-state index is 13.7. The summed E-state index contributed by atoms with van der Waals surface area (Å²) >= 11 is 0. The van der Waals surface area contributed by atoms with Crippen LogP contribution in [-0.2, 0) is 5.60 Å². The fourth-order valence-corrected chi connectivity index (χ4v) is 3.75. The lowest BCUT2D eigenvalue weighted by Crippen LogP contribution is -2.61. The second-order valence-electron chi connectivity index (χ2n) is 6.96. The van der Waals surface area contributed by atoms with E-state index in [1.165, 1.54) is 41.6 Å². The minimum Gasteiger partial charge on any atom is -0.378 e. The summed E-state index contributed by atoms with van der Waals surface area (Å²) in [6.07, 6.45) is 6.14. The van der Waals surface area contributed by atoms with Gasteiger partial charge in [0, 0.05) is 35.9 Å². The van der Waals surface area contributed by atoms with Crippen molar-refractivity contribution in [3.63, 3.8) is 0 Å². The summed E-state index contributed by atoms with van der Waals surface area (Å²) in [5, 5.41) is 12.0. The molecule has 0 radical (unpaired) electrons. The number of benzene rings is 1. The SMILES string of the molecule is OC(c1cccnc1)(c1cccnc1)C(c1ccc(F)cc1)N1CC(F)(F)C1. The minimum atomic E-state index is -2.83. The first-order valence-electron chi connectivity index (χ1n) is 8.81. The molecule has 0 spiro atoms. The van der Waals surface area contributed by atoms with Crippen molar-refractivity contribution >= 4 is 0 Å². The summed E-state index contributed by atoms with van der Waals surface area (Å²) in [7, 11) is 0. The topological polar surface area (TPSA) is 49.3 Å². The van der Waals surface area contributed by atoms with Crippen molar-refractivity contribution in [2.45, 2.75) is 17.6 Å². The Morgan fingerprint density at radius 3 is 1.89 bits per heavy atom. The zero-order valence-electron chi connectivity index (χ0n) is 14.8. The molecule has 3 aromatic rings. The minimum absolute atomic E-state index is 0.438. The third kappa shape index (κ3) is 3.27. The molecule has 1 aliphatic rings. The number of pyridine rings is 2. The van der Waals surface area contributed by atoms with Gasteiger partial charge in [0.1, 0.15) is 11.4 Å². The van der Waals surface area contributed by atoms with Gasteiger partial charge in [-0.3, -0.25) is 14.9 Å². The number of hydrogen-bond donors (Lipinski definition) is 1. The predicted molar refractivity (Wildman–Crippen MR) is 97.1 cm³/mol. The lowest BCUT2D eigenvalue weighted by Gasteiger charge is -2.50. The summed E-state index contributed by atoms with van der Waals surface area (Å²) < 4.78 is 40.9. The van der Waals surface area contributed by atoms with Crippen LogP contribution in [0.1, 0.15) is 22.7 Å². The maximum atomic E-state index is 13.7. The first kappa shape index (κ1) is 18.6. The van der Waals surface area contributed by atoms with Gasteiger partial charge >= 0.3 is 0 Å². The Morgan fingerprint density at radius 2 is 1.46 bits per heavy atom. The van der Waals surface area contributed by atoms with Crippen molar-refractivity contribution in [2.24, 2.45) is 0 Å². The molecule has 0 aliphatic carbocycles. The van der Waals surface area contributed by atoms with Crippen LogP contribution in [0.5, 0.6) is 0 Å². The number of hydrogen-bond acceptors (Lipinski definition) is 4. The van der Waals surface area contributed by atoms with Gasteiger partial charge in [-0.25, -0.2) is 13.2 Å². The van der Waals surface area contributed by atoms with Gasteiger partial charge in [-0.15, -0.1) is 0 Å². The molecule has 4 nitrogen and oxygen atoms in total. The van der Waals surface area contributed by atoms with Crippen LogP contribution >= 0.6 is 0 Å². The number of aromatic nitrogens is 2. The Hall–Kier alpha value is -2.77. The Morgan fingerprint density at radius 1 is 0.929 bits per heavy atom. The van der Waals surface area contributed by atoms with Gasteiger partial charge < -0.3 is 5.11 Å². The molecule has 0 saturated carbocycles. The average molecular weight is 385 g/mol. The molecule has 1 saturated heterocycles. The lowest BCUT2D eigenvalue weighted by molar-refractivity contribution is -0.174. The second kappa shape index (κ2) is 7.00. The van der Waals surface area contributed by atoms with Crippen LogP contribution in [0.2, 0.25) is 0 Å². The highest BCUT2D eigenvalue weighted by Gasteiger charge is 2.54. The molecule has 1 aliphatic heterocycles.